The molecule has 0 N–H and O–H groups in total. The number of unbranched alkanes of at least 4 members (excludes halogenated alkanes) is 3. The van der Waals surface area contributed by atoms with Crippen LogP contribution < -0.4 is 0 Å². The van der Waals surface area contributed by atoms with E-state index in [4.69, 9.17) is 0 Å². The van der Waals surface area contributed by atoms with E-state index in [2.05, 4.69) is 6.92 Å². The molecule has 0 aliphatic rings. The van der Waals surface area contributed by atoms with Gasteiger partial charge < -0.3 is 0 Å². The van der Waals surface area contributed by atoms with Crippen LogP contribution in [0.1, 0.15) is 39.5 Å². The summed E-state index contributed by atoms with van der Waals surface area (Å²) in [6.07, 6.45) is 8.37. The summed E-state index contributed by atoms with van der Waals surface area (Å²) in [5, 5.41) is 0. The van der Waals surface area contributed by atoms with Crippen LogP contribution in [0.5, 0.6) is 0 Å². The first kappa shape index (κ1) is 13.9. The fourth-order valence-corrected chi connectivity index (χ4v) is 0.761. The largest absolute Gasteiger partial charge is 0.295 e. The second-order valence-electron chi connectivity index (χ2n) is 2.51. The standard InChI is InChI=1S/C9H16O.Cd/c1-3-4-5-6-7-8-9(2)10;/h7-8H,3-6H2,1-2H3;. The number of hydrogen-bond donors (Lipinski definition) is 0. The third-order valence-corrected chi connectivity index (χ3v) is 1.33. The van der Waals surface area contributed by atoms with Crippen LogP contribution in [0, 0.1) is 0 Å². The molecule has 0 fully saturated rings. The molecule has 0 saturated carbocycles. The quantitative estimate of drug-likeness (QED) is 0.418. The van der Waals surface area contributed by atoms with Gasteiger partial charge >= 0.3 is 0 Å². The second-order valence-corrected chi connectivity index (χ2v) is 2.51. The molecular weight excluding hydrogens is 237 g/mol. The fraction of sp³-hybridized carbons (Fsp3) is 0.667. The zero-order valence-electron chi connectivity index (χ0n) is 7.60. The van der Waals surface area contributed by atoms with Crippen molar-refractivity contribution in [3.05, 3.63) is 12.2 Å². The smallest absolute Gasteiger partial charge is 0.152 e. The first-order valence-electron chi connectivity index (χ1n) is 3.94. The van der Waals surface area contributed by atoms with E-state index in [1.165, 1.54) is 19.3 Å². The Kier molecular flexibility index (Phi) is 13.0. The van der Waals surface area contributed by atoms with Crippen LogP contribution in [-0.4, -0.2) is 5.78 Å². The minimum absolute atomic E-state index is 0. The Hall–Kier alpha value is 0.332. The van der Waals surface area contributed by atoms with E-state index in [1.807, 2.05) is 6.08 Å². The Morgan fingerprint density at radius 2 is 2.00 bits per heavy atom. The number of hydrogen-bond acceptors (Lipinski definition) is 1. The Balaban J connectivity index is 0. The van der Waals surface area contributed by atoms with Crippen molar-refractivity contribution < 1.29 is 32.1 Å². The summed E-state index contributed by atoms with van der Waals surface area (Å²) in [6.45, 7) is 3.75. The summed E-state index contributed by atoms with van der Waals surface area (Å²) in [5.41, 5.74) is 0. The third kappa shape index (κ3) is 13.3. The summed E-state index contributed by atoms with van der Waals surface area (Å²) in [4.78, 5) is 10.4. The zero-order chi connectivity index (χ0) is 7.82. The van der Waals surface area contributed by atoms with Crippen LogP contribution in [0.25, 0.3) is 0 Å². The molecule has 11 heavy (non-hydrogen) atoms. The molecule has 0 aliphatic heterocycles. The molecule has 60 valence electrons. The van der Waals surface area contributed by atoms with Gasteiger partial charge in [-0.05, 0) is 25.8 Å². The molecular formula is C9H16CdO. The summed E-state index contributed by atoms with van der Waals surface area (Å²) in [5.74, 6) is 0.150. The maximum Gasteiger partial charge on any atom is 0.152 e. The van der Waals surface area contributed by atoms with Crippen LogP contribution in [0.3, 0.4) is 0 Å². The van der Waals surface area contributed by atoms with E-state index in [-0.39, 0.29) is 33.1 Å². The molecule has 0 rings (SSSR count). The van der Waals surface area contributed by atoms with Gasteiger partial charge in [0.1, 0.15) is 0 Å². The van der Waals surface area contributed by atoms with Crippen molar-refractivity contribution in [1.82, 2.24) is 0 Å². The predicted molar refractivity (Wildman–Crippen MR) is 44.0 cm³/mol. The molecule has 0 amide bonds. The van der Waals surface area contributed by atoms with E-state index in [9.17, 15) is 4.79 Å². The van der Waals surface area contributed by atoms with Gasteiger partial charge in [0.25, 0.3) is 0 Å². The van der Waals surface area contributed by atoms with Crippen LogP contribution in [0.2, 0.25) is 0 Å². The van der Waals surface area contributed by atoms with Crippen LogP contribution in [-0.2, 0) is 32.1 Å². The number of rotatable bonds is 5. The molecule has 0 radical (unpaired) electrons. The monoisotopic (exact) mass is 254 g/mol. The van der Waals surface area contributed by atoms with Crippen molar-refractivity contribution >= 4 is 5.78 Å². The van der Waals surface area contributed by atoms with Crippen molar-refractivity contribution in [3.8, 4) is 0 Å². The molecule has 2 heteroatoms. The molecule has 0 unspecified atom stereocenters. The maximum atomic E-state index is 10.4. The maximum absolute atomic E-state index is 10.4. The van der Waals surface area contributed by atoms with Gasteiger partial charge in [0.2, 0.25) is 0 Å². The van der Waals surface area contributed by atoms with Gasteiger partial charge in [0, 0.05) is 27.3 Å². The fourth-order valence-electron chi connectivity index (χ4n) is 0.761. The Bertz CT molecular complexity index is 119. The Morgan fingerprint density at radius 3 is 2.45 bits per heavy atom. The molecule has 0 aromatic heterocycles. The van der Waals surface area contributed by atoms with E-state index in [0.29, 0.717) is 0 Å². The Morgan fingerprint density at radius 1 is 1.36 bits per heavy atom. The van der Waals surface area contributed by atoms with Gasteiger partial charge in [0.15, 0.2) is 5.78 Å². The van der Waals surface area contributed by atoms with Gasteiger partial charge in [0.05, 0.1) is 0 Å². The van der Waals surface area contributed by atoms with E-state index in [0.717, 1.165) is 6.42 Å². The molecule has 0 atom stereocenters. The van der Waals surface area contributed by atoms with Crippen molar-refractivity contribution in [2.45, 2.75) is 39.5 Å². The summed E-state index contributed by atoms with van der Waals surface area (Å²) >= 11 is 0. The molecule has 0 aromatic rings. The molecule has 0 aliphatic carbocycles. The molecule has 0 heterocycles. The topological polar surface area (TPSA) is 17.1 Å². The van der Waals surface area contributed by atoms with Crippen molar-refractivity contribution in [1.29, 1.82) is 0 Å². The minimum Gasteiger partial charge on any atom is -0.295 e. The molecule has 0 saturated heterocycles. The Labute approximate surface area is 89.4 Å². The zero-order valence-corrected chi connectivity index (χ0v) is 11.6. The number of allylic oxidation sites excluding steroid dienone is 2. The number of carbonyl (C=O) groups excluding carboxylic acids is 1. The van der Waals surface area contributed by atoms with Crippen molar-refractivity contribution in [3.63, 3.8) is 0 Å². The van der Waals surface area contributed by atoms with E-state index >= 15 is 0 Å². The molecule has 1 nitrogen and oxygen atoms in total. The summed E-state index contributed by atoms with van der Waals surface area (Å²) in [6, 6.07) is 0. The van der Waals surface area contributed by atoms with Gasteiger partial charge in [-0.25, -0.2) is 0 Å². The van der Waals surface area contributed by atoms with Crippen molar-refractivity contribution in [2.24, 2.45) is 0 Å². The van der Waals surface area contributed by atoms with Crippen LogP contribution in [0.15, 0.2) is 12.2 Å². The summed E-state index contributed by atoms with van der Waals surface area (Å²) < 4.78 is 0. The van der Waals surface area contributed by atoms with Gasteiger partial charge in [-0.2, -0.15) is 0 Å². The number of carbonyl (C=O) groups is 1. The second kappa shape index (κ2) is 10.3. The molecule has 0 bridgehead atoms. The van der Waals surface area contributed by atoms with Crippen LogP contribution in [0.4, 0.5) is 0 Å². The van der Waals surface area contributed by atoms with Gasteiger partial charge in [-0.15, -0.1) is 0 Å². The van der Waals surface area contributed by atoms with Crippen LogP contribution >= 0.6 is 0 Å². The normalized spacial score (nSPS) is 9.64. The van der Waals surface area contributed by atoms with E-state index in [1.54, 1.807) is 13.0 Å². The minimum atomic E-state index is 0. The average molecular weight is 253 g/mol. The first-order valence-corrected chi connectivity index (χ1v) is 3.94. The number of ketones is 1. The molecule has 0 aromatic carbocycles. The average Bonchev–Trinajstić information content (AvgIpc) is 1.87. The van der Waals surface area contributed by atoms with Gasteiger partial charge in [-0.1, -0.05) is 25.8 Å². The van der Waals surface area contributed by atoms with E-state index < -0.39 is 0 Å². The summed E-state index contributed by atoms with van der Waals surface area (Å²) in [7, 11) is 0. The SMILES string of the molecule is CCCCCC=CC(C)=O.[Cd]. The predicted octanol–water partition coefficient (Wildman–Crippen LogP) is 2.71. The third-order valence-electron chi connectivity index (χ3n) is 1.33. The molecule has 0 spiro atoms. The van der Waals surface area contributed by atoms with Gasteiger partial charge in [-0.3, -0.25) is 4.79 Å². The van der Waals surface area contributed by atoms with Crippen molar-refractivity contribution in [2.75, 3.05) is 0 Å². The first-order chi connectivity index (χ1) is 4.77.